The number of quaternary nitrogens is 1. The molecule has 1 aromatic heterocycles. The SMILES string of the molecule is COc1ccc(-c2cc(=O)oc3c(C)c(O)c(C[NH+]4CCC[C@@H](C)C4)cc23)cc1. The van der Waals surface area contributed by atoms with Crippen LogP contribution in [0.5, 0.6) is 11.5 Å². The van der Waals surface area contributed by atoms with Gasteiger partial charge in [-0.1, -0.05) is 19.1 Å². The Kier molecular flexibility index (Phi) is 5.33. The molecule has 1 unspecified atom stereocenters. The molecule has 5 heteroatoms. The summed E-state index contributed by atoms with van der Waals surface area (Å²) in [6.45, 7) is 7.12. The van der Waals surface area contributed by atoms with Crippen LogP contribution in [0.3, 0.4) is 0 Å². The molecule has 152 valence electrons. The molecule has 2 heterocycles. The van der Waals surface area contributed by atoms with Crippen LogP contribution in [0.15, 0.2) is 45.6 Å². The molecule has 0 bridgehead atoms. The van der Waals surface area contributed by atoms with Crippen molar-refractivity contribution < 1.29 is 19.2 Å². The molecule has 0 spiro atoms. The predicted molar refractivity (Wildman–Crippen MR) is 114 cm³/mol. The highest BCUT2D eigenvalue weighted by Gasteiger charge is 2.23. The van der Waals surface area contributed by atoms with Crippen LogP contribution in [0.25, 0.3) is 22.1 Å². The number of piperidine rings is 1. The molecular formula is C24H28NO4+. The minimum absolute atomic E-state index is 0.234. The first-order valence-corrected chi connectivity index (χ1v) is 10.2. The number of nitrogens with one attached hydrogen (secondary N) is 1. The number of hydrogen-bond donors (Lipinski definition) is 2. The van der Waals surface area contributed by atoms with Gasteiger partial charge in [-0.15, -0.1) is 0 Å². The standard InChI is InChI=1S/C24H27NO4/c1-15-5-4-10-25(13-15)14-18-11-21-20(17-6-8-19(28-3)9-7-17)12-22(26)29-24(21)16(2)23(18)27/h6-9,11-12,15,27H,4-5,10,13-14H2,1-3H3/p+1/t15-/m1/s1. The number of fused-ring (bicyclic) bond motifs is 1. The van der Waals surface area contributed by atoms with Crippen molar-refractivity contribution in [1.29, 1.82) is 0 Å². The van der Waals surface area contributed by atoms with Crippen molar-refractivity contribution in [1.82, 2.24) is 0 Å². The average Bonchev–Trinajstić information content (AvgIpc) is 2.72. The smallest absolute Gasteiger partial charge is 0.336 e. The fourth-order valence-electron chi connectivity index (χ4n) is 4.49. The van der Waals surface area contributed by atoms with Gasteiger partial charge in [0.1, 0.15) is 23.6 Å². The molecule has 2 N–H and O–H groups in total. The van der Waals surface area contributed by atoms with Gasteiger partial charge in [0.2, 0.25) is 0 Å². The molecule has 1 aliphatic rings. The van der Waals surface area contributed by atoms with Gasteiger partial charge in [0, 0.05) is 28.5 Å². The quantitative estimate of drug-likeness (QED) is 0.667. The number of benzene rings is 2. The molecule has 2 aromatic carbocycles. The second kappa shape index (κ2) is 7.91. The fraction of sp³-hybridized carbons (Fsp3) is 0.375. The van der Waals surface area contributed by atoms with Gasteiger partial charge in [0.15, 0.2) is 0 Å². The number of ether oxygens (including phenoxy) is 1. The summed E-state index contributed by atoms with van der Waals surface area (Å²) in [5, 5.41) is 11.7. The van der Waals surface area contributed by atoms with Gasteiger partial charge >= 0.3 is 5.63 Å². The van der Waals surface area contributed by atoms with E-state index < -0.39 is 5.63 Å². The monoisotopic (exact) mass is 394 g/mol. The Hall–Kier alpha value is -2.79. The first-order valence-electron chi connectivity index (χ1n) is 10.2. The zero-order valence-electron chi connectivity index (χ0n) is 17.2. The molecule has 1 fully saturated rings. The third-order valence-corrected chi connectivity index (χ3v) is 6.02. The lowest BCUT2D eigenvalue weighted by Gasteiger charge is -2.28. The van der Waals surface area contributed by atoms with E-state index >= 15 is 0 Å². The van der Waals surface area contributed by atoms with Crippen LogP contribution in [-0.2, 0) is 6.54 Å². The van der Waals surface area contributed by atoms with Crippen molar-refractivity contribution in [3.8, 4) is 22.6 Å². The molecular weight excluding hydrogens is 366 g/mol. The van der Waals surface area contributed by atoms with Crippen molar-refractivity contribution in [3.63, 3.8) is 0 Å². The van der Waals surface area contributed by atoms with E-state index in [1.807, 2.05) is 37.3 Å². The summed E-state index contributed by atoms with van der Waals surface area (Å²) >= 11 is 0. The molecule has 0 radical (unpaired) electrons. The molecule has 0 saturated carbocycles. The van der Waals surface area contributed by atoms with Crippen LogP contribution in [-0.4, -0.2) is 25.3 Å². The minimum Gasteiger partial charge on any atom is -0.507 e. The maximum atomic E-state index is 12.2. The van der Waals surface area contributed by atoms with Crippen LogP contribution in [0.2, 0.25) is 0 Å². The van der Waals surface area contributed by atoms with E-state index in [1.165, 1.54) is 23.8 Å². The summed E-state index contributed by atoms with van der Waals surface area (Å²) in [4.78, 5) is 13.7. The van der Waals surface area contributed by atoms with E-state index in [0.717, 1.165) is 47.5 Å². The van der Waals surface area contributed by atoms with E-state index in [4.69, 9.17) is 9.15 Å². The minimum atomic E-state index is -0.422. The second-order valence-corrected chi connectivity index (χ2v) is 8.22. The van der Waals surface area contributed by atoms with Crippen LogP contribution in [0.1, 0.15) is 30.9 Å². The molecule has 1 saturated heterocycles. The van der Waals surface area contributed by atoms with Gasteiger partial charge in [0.05, 0.1) is 20.2 Å². The highest BCUT2D eigenvalue weighted by Crippen LogP contribution is 2.35. The number of phenols is 1. The predicted octanol–water partition coefficient (Wildman–Crippen LogP) is 3.30. The Morgan fingerprint density at radius 3 is 2.69 bits per heavy atom. The van der Waals surface area contributed by atoms with Crippen molar-refractivity contribution in [2.45, 2.75) is 33.2 Å². The number of methoxy groups -OCH3 is 1. The van der Waals surface area contributed by atoms with Crippen LogP contribution >= 0.6 is 0 Å². The summed E-state index contributed by atoms with van der Waals surface area (Å²) in [5.41, 5.74) is 3.28. The van der Waals surface area contributed by atoms with Crippen LogP contribution in [0.4, 0.5) is 0 Å². The largest absolute Gasteiger partial charge is 0.507 e. The Labute approximate surface area is 170 Å². The Balaban J connectivity index is 1.83. The summed E-state index contributed by atoms with van der Waals surface area (Å²) in [6, 6.07) is 11.2. The molecule has 2 atom stereocenters. The third kappa shape index (κ3) is 3.87. The summed E-state index contributed by atoms with van der Waals surface area (Å²) in [6.07, 6.45) is 2.49. The van der Waals surface area contributed by atoms with Crippen molar-refractivity contribution in [3.05, 3.63) is 57.9 Å². The van der Waals surface area contributed by atoms with E-state index in [0.29, 0.717) is 17.1 Å². The van der Waals surface area contributed by atoms with E-state index in [2.05, 4.69) is 6.92 Å². The van der Waals surface area contributed by atoms with Crippen LogP contribution < -0.4 is 15.3 Å². The third-order valence-electron chi connectivity index (χ3n) is 6.02. The fourth-order valence-corrected chi connectivity index (χ4v) is 4.49. The van der Waals surface area contributed by atoms with Gasteiger partial charge in [0.25, 0.3) is 0 Å². The number of likely N-dealkylation sites (tertiary alicyclic amines) is 1. The van der Waals surface area contributed by atoms with Crippen molar-refractivity contribution >= 4 is 11.0 Å². The summed E-state index contributed by atoms with van der Waals surface area (Å²) in [5.74, 6) is 1.70. The van der Waals surface area contributed by atoms with Gasteiger partial charge in [-0.3, -0.25) is 0 Å². The van der Waals surface area contributed by atoms with Crippen LogP contribution in [0, 0.1) is 12.8 Å². The molecule has 5 nitrogen and oxygen atoms in total. The molecule has 4 rings (SSSR count). The zero-order chi connectivity index (χ0) is 20.5. The lowest BCUT2D eigenvalue weighted by molar-refractivity contribution is -0.922. The molecule has 1 aliphatic heterocycles. The highest BCUT2D eigenvalue weighted by molar-refractivity contribution is 5.96. The Morgan fingerprint density at radius 1 is 1.24 bits per heavy atom. The normalized spacial score (nSPS) is 19.4. The zero-order valence-corrected chi connectivity index (χ0v) is 17.2. The molecule has 3 aromatic rings. The number of aryl methyl sites for hydroxylation is 1. The summed E-state index contributed by atoms with van der Waals surface area (Å²) in [7, 11) is 1.63. The molecule has 29 heavy (non-hydrogen) atoms. The van der Waals surface area contributed by atoms with E-state index in [9.17, 15) is 9.90 Å². The lowest BCUT2D eigenvalue weighted by atomic mass is 9.96. The van der Waals surface area contributed by atoms with Gasteiger partial charge < -0.3 is 19.2 Å². The molecule has 0 amide bonds. The lowest BCUT2D eigenvalue weighted by Crippen LogP contribution is -3.12. The maximum Gasteiger partial charge on any atom is 0.336 e. The number of phenolic OH excluding ortho intramolecular Hbond substituents is 1. The van der Waals surface area contributed by atoms with Crippen molar-refractivity contribution in [2.24, 2.45) is 5.92 Å². The Morgan fingerprint density at radius 2 is 2.00 bits per heavy atom. The number of rotatable bonds is 4. The van der Waals surface area contributed by atoms with Crippen molar-refractivity contribution in [2.75, 3.05) is 20.2 Å². The average molecular weight is 394 g/mol. The first kappa shape index (κ1) is 19.5. The highest BCUT2D eigenvalue weighted by atomic mass is 16.5. The van der Waals surface area contributed by atoms with E-state index in [-0.39, 0.29) is 5.75 Å². The summed E-state index contributed by atoms with van der Waals surface area (Å²) < 4.78 is 10.7. The molecule has 0 aliphatic carbocycles. The topological polar surface area (TPSA) is 64.1 Å². The first-order chi connectivity index (χ1) is 14.0. The van der Waals surface area contributed by atoms with E-state index in [1.54, 1.807) is 7.11 Å². The number of hydrogen-bond acceptors (Lipinski definition) is 4. The number of aromatic hydroxyl groups is 1. The Bertz CT molecular complexity index is 1080. The van der Waals surface area contributed by atoms with Gasteiger partial charge in [-0.25, -0.2) is 4.79 Å². The van der Waals surface area contributed by atoms with Gasteiger partial charge in [-0.2, -0.15) is 0 Å². The second-order valence-electron chi connectivity index (χ2n) is 8.22. The van der Waals surface area contributed by atoms with Gasteiger partial charge in [-0.05, 0) is 49.1 Å². The maximum absolute atomic E-state index is 12.2.